The molecule has 1 aromatic carbocycles. The molecule has 2 N–H and O–H groups in total. The highest BCUT2D eigenvalue weighted by molar-refractivity contribution is 7.89. The molecule has 1 aliphatic rings. The highest BCUT2D eigenvalue weighted by Crippen LogP contribution is 2.18. The van der Waals surface area contributed by atoms with Gasteiger partial charge in [0.15, 0.2) is 5.03 Å². The SMILES string of the molecule is Cn1cnc(S(=O)(=O)NCC(=O)N2C[C@@H](O)[C@H](Oc3ccccc3)C2)c1. The van der Waals surface area contributed by atoms with Gasteiger partial charge in [-0.2, -0.15) is 0 Å². The number of hydrogen-bond acceptors (Lipinski definition) is 6. The van der Waals surface area contributed by atoms with Crippen molar-refractivity contribution in [3.8, 4) is 5.75 Å². The van der Waals surface area contributed by atoms with E-state index in [9.17, 15) is 18.3 Å². The Morgan fingerprint density at radius 1 is 1.35 bits per heavy atom. The van der Waals surface area contributed by atoms with E-state index in [1.165, 1.54) is 22.0 Å². The first-order valence-corrected chi connectivity index (χ1v) is 9.48. The minimum Gasteiger partial charge on any atom is -0.486 e. The third-order valence-corrected chi connectivity index (χ3v) is 5.28. The van der Waals surface area contributed by atoms with Crippen LogP contribution in [0.4, 0.5) is 0 Å². The van der Waals surface area contributed by atoms with Crippen LogP contribution in [0.2, 0.25) is 0 Å². The summed E-state index contributed by atoms with van der Waals surface area (Å²) in [6.07, 6.45) is 1.30. The predicted molar refractivity (Wildman–Crippen MR) is 91.8 cm³/mol. The summed E-state index contributed by atoms with van der Waals surface area (Å²) >= 11 is 0. The molecule has 2 aromatic rings. The second-order valence-electron chi connectivity index (χ2n) is 6.04. The number of hydrogen-bond donors (Lipinski definition) is 2. The van der Waals surface area contributed by atoms with Crippen molar-refractivity contribution >= 4 is 15.9 Å². The van der Waals surface area contributed by atoms with E-state index in [0.717, 1.165) is 0 Å². The van der Waals surface area contributed by atoms with Gasteiger partial charge in [0.05, 0.1) is 26.0 Å². The lowest BCUT2D eigenvalue weighted by Crippen LogP contribution is -2.39. The minimum atomic E-state index is -3.86. The lowest BCUT2D eigenvalue weighted by atomic mass is 10.2. The van der Waals surface area contributed by atoms with E-state index in [2.05, 4.69) is 9.71 Å². The highest BCUT2D eigenvalue weighted by Gasteiger charge is 2.35. The van der Waals surface area contributed by atoms with Gasteiger partial charge in [0.2, 0.25) is 5.91 Å². The van der Waals surface area contributed by atoms with E-state index in [0.29, 0.717) is 5.75 Å². The number of rotatable bonds is 6. The molecule has 0 spiro atoms. The number of imidazole rings is 1. The van der Waals surface area contributed by atoms with Crippen LogP contribution in [0.25, 0.3) is 0 Å². The number of likely N-dealkylation sites (tertiary alicyclic amines) is 1. The summed E-state index contributed by atoms with van der Waals surface area (Å²) in [5.41, 5.74) is 0. The zero-order valence-corrected chi connectivity index (χ0v) is 15.0. The average molecular weight is 380 g/mol. The first kappa shape index (κ1) is 18.4. The number of nitrogens with zero attached hydrogens (tertiary/aromatic N) is 3. The quantitative estimate of drug-likeness (QED) is 0.688. The molecule has 0 bridgehead atoms. The van der Waals surface area contributed by atoms with Crippen LogP contribution < -0.4 is 9.46 Å². The van der Waals surface area contributed by atoms with Gasteiger partial charge < -0.3 is 19.3 Å². The standard InChI is InChI=1S/C16H20N4O5S/c1-19-10-15(17-11-19)26(23,24)18-7-16(22)20-8-13(21)14(9-20)25-12-5-3-2-4-6-12/h2-6,10-11,13-14,18,21H,7-9H2,1H3/t13-,14-/m1/s1. The number of carbonyl (C=O) groups is 1. The summed E-state index contributed by atoms with van der Waals surface area (Å²) in [6, 6.07) is 9.00. The molecule has 1 saturated heterocycles. The van der Waals surface area contributed by atoms with Crippen LogP contribution in [0.15, 0.2) is 47.9 Å². The number of aliphatic hydroxyl groups is 1. The molecular formula is C16H20N4O5S. The first-order chi connectivity index (χ1) is 12.3. The van der Waals surface area contributed by atoms with Crippen molar-refractivity contribution < 1.29 is 23.1 Å². The molecule has 2 atom stereocenters. The number of nitrogens with one attached hydrogen (secondary N) is 1. The zero-order chi connectivity index (χ0) is 18.7. The molecule has 3 rings (SSSR count). The molecule has 1 fully saturated rings. The van der Waals surface area contributed by atoms with Crippen molar-refractivity contribution in [2.75, 3.05) is 19.6 Å². The Morgan fingerprint density at radius 3 is 2.73 bits per heavy atom. The third kappa shape index (κ3) is 4.21. The van der Waals surface area contributed by atoms with Crippen molar-refractivity contribution in [2.24, 2.45) is 7.05 Å². The molecule has 0 radical (unpaired) electrons. The highest BCUT2D eigenvalue weighted by atomic mass is 32.2. The normalized spacial score (nSPS) is 20.3. The summed E-state index contributed by atoms with van der Waals surface area (Å²) in [6.45, 7) is -0.147. The molecule has 1 aromatic heterocycles. The maximum Gasteiger partial charge on any atom is 0.260 e. The van der Waals surface area contributed by atoms with Gasteiger partial charge in [-0.25, -0.2) is 18.1 Å². The number of para-hydroxylation sites is 1. The zero-order valence-electron chi connectivity index (χ0n) is 14.1. The summed E-state index contributed by atoms with van der Waals surface area (Å²) in [5.74, 6) is 0.157. The van der Waals surface area contributed by atoms with Crippen molar-refractivity contribution in [1.82, 2.24) is 19.2 Å². The van der Waals surface area contributed by atoms with E-state index >= 15 is 0 Å². The Hall–Kier alpha value is -2.43. The van der Waals surface area contributed by atoms with Gasteiger partial charge in [-0.05, 0) is 12.1 Å². The number of ether oxygens (including phenoxy) is 1. The summed E-state index contributed by atoms with van der Waals surface area (Å²) in [5, 5.41) is 9.95. The van der Waals surface area contributed by atoms with Crippen molar-refractivity contribution in [3.63, 3.8) is 0 Å². The maximum atomic E-state index is 12.3. The Bertz CT molecular complexity index is 868. The first-order valence-electron chi connectivity index (χ1n) is 8.00. The fourth-order valence-corrected chi connectivity index (χ4v) is 3.57. The number of sulfonamides is 1. The van der Waals surface area contributed by atoms with E-state index < -0.39 is 34.7 Å². The molecule has 9 nitrogen and oxygen atoms in total. The van der Waals surface area contributed by atoms with Crippen LogP contribution in [-0.4, -0.2) is 65.7 Å². The van der Waals surface area contributed by atoms with Gasteiger partial charge in [0.25, 0.3) is 10.0 Å². The van der Waals surface area contributed by atoms with Crippen LogP contribution in [0.5, 0.6) is 5.75 Å². The molecule has 0 saturated carbocycles. The van der Waals surface area contributed by atoms with Crippen LogP contribution in [0.3, 0.4) is 0 Å². The third-order valence-electron chi connectivity index (χ3n) is 3.99. The molecule has 10 heteroatoms. The number of aromatic nitrogens is 2. The summed E-state index contributed by atoms with van der Waals surface area (Å²) < 4.78 is 33.6. The predicted octanol–water partition coefficient (Wildman–Crippen LogP) is -0.651. The van der Waals surface area contributed by atoms with Crippen LogP contribution in [0.1, 0.15) is 0 Å². The van der Waals surface area contributed by atoms with Crippen molar-refractivity contribution in [1.29, 1.82) is 0 Å². The van der Waals surface area contributed by atoms with E-state index in [-0.39, 0.29) is 18.1 Å². The number of aliphatic hydroxyl groups excluding tert-OH is 1. The molecule has 140 valence electrons. The monoisotopic (exact) mass is 380 g/mol. The van der Waals surface area contributed by atoms with Gasteiger partial charge in [0.1, 0.15) is 18.0 Å². The van der Waals surface area contributed by atoms with Crippen molar-refractivity contribution in [3.05, 3.63) is 42.9 Å². The molecule has 26 heavy (non-hydrogen) atoms. The Morgan fingerprint density at radius 2 is 2.08 bits per heavy atom. The number of benzene rings is 1. The summed E-state index contributed by atoms with van der Waals surface area (Å²) in [7, 11) is -2.21. The van der Waals surface area contributed by atoms with Crippen LogP contribution in [-0.2, 0) is 21.9 Å². The van der Waals surface area contributed by atoms with Gasteiger partial charge >= 0.3 is 0 Å². The summed E-state index contributed by atoms with van der Waals surface area (Å²) in [4.78, 5) is 17.4. The smallest absolute Gasteiger partial charge is 0.260 e. The second kappa shape index (κ2) is 7.44. The fraction of sp³-hybridized carbons (Fsp3) is 0.375. The van der Waals surface area contributed by atoms with E-state index in [4.69, 9.17) is 4.74 Å². The van der Waals surface area contributed by atoms with Gasteiger partial charge in [-0.3, -0.25) is 4.79 Å². The van der Waals surface area contributed by atoms with Crippen LogP contribution >= 0.6 is 0 Å². The number of aryl methyl sites for hydroxylation is 1. The molecule has 0 unspecified atom stereocenters. The number of amides is 1. The molecule has 1 amide bonds. The Kier molecular flexibility index (Phi) is 5.25. The second-order valence-corrected chi connectivity index (χ2v) is 7.75. The van der Waals surface area contributed by atoms with Crippen LogP contribution in [0, 0.1) is 0 Å². The number of β-amino-alcohol motifs (C(OH)–C–C–N with tert-alkyl or cyclic N) is 1. The minimum absolute atomic E-state index is 0.0850. The van der Waals surface area contributed by atoms with Gasteiger partial charge in [0, 0.05) is 13.2 Å². The average Bonchev–Trinajstić information content (AvgIpc) is 3.21. The van der Waals surface area contributed by atoms with Gasteiger partial charge in [-0.15, -0.1) is 0 Å². The lowest BCUT2D eigenvalue weighted by molar-refractivity contribution is -0.129. The van der Waals surface area contributed by atoms with E-state index in [1.54, 1.807) is 19.2 Å². The van der Waals surface area contributed by atoms with Gasteiger partial charge in [-0.1, -0.05) is 18.2 Å². The topological polar surface area (TPSA) is 114 Å². The maximum absolute atomic E-state index is 12.3. The fourth-order valence-electron chi connectivity index (χ4n) is 2.62. The molecule has 1 aliphatic heterocycles. The molecular weight excluding hydrogens is 360 g/mol. The Balaban J connectivity index is 1.55. The van der Waals surface area contributed by atoms with E-state index in [1.807, 2.05) is 18.2 Å². The van der Waals surface area contributed by atoms with Crippen molar-refractivity contribution in [2.45, 2.75) is 17.2 Å². The lowest BCUT2D eigenvalue weighted by Gasteiger charge is -2.17. The largest absolute Gasteiger partial charge is 0.486 e. The molecule has 2 heterocycles. The molecule has 0 aliphatic carbocycles. The Labute approximate surface area is 151 Å². The number of carbonyl (C=O) groups excluding carboxylic acids is 1.